The predicted molar refractivity (Wildman–Crippen MR) is 104 cm³/mol. The molecule has 4 rings (SSSR count). The van der Waals surface area contributed by atoms with E-state index in [4.69, 9.17) is 4.98 Å². The summed E-state index contributed by atoms with van der Waals surface area (Å²) in [5.74, 6) is 0.223. The van der Waals surface area contributed by atoms with E-state index in [0.29, 0.717) is 5.56 Å². The summed E-state index contributed by atoms with van der Waals surface area (Å²) in [6.45, 7) is 0. The Morgan fingerprint density at radius 2 is 1.56 bits per heavy atom. The van der Waals surface area contributed by atoms with Gasteiger partial charge in [-0.2, -0.15) is 0 Å². The molecule has 1 N–H and O–H groups in total. The fourth-order valence-electron chi connectivity index (χ4n) is 2.60. The number of rotatable bonds is 4. The first kappa shape index (κ1) is 19.3. The van der Waals surface area contributed by atoms with Crippen molar-refractivity contribution >= 4 is 11.8 Å². The second kappa shape index (κ2) is 8.98. The number of phenols is 1. The van der Waals surface area contributed by atoms with Gasteiger partial charge in [0.2, 0.25) is 0 Å². The van der Waals surface area contributed by atoms with Crippen LogP contribution in [0.2, 0.25) is 0 Å². The van der Waals surface area contributed by atoms with Gasteiger partial charge in [0.25, 0.3) is 0 Å². The van der Waals surface area contributed by atoms with Gasteiger partial charge >= 0.3 is 0 Å². The maximum atomic E-state index is 10.1. The number of pyridine rings is 2. The molecule has 0 radical (unpaired) electrons. The van der Waals surface area contributed by atoms with Crippen LogP contribution in [0.5, 0.6) is 5.75 Å². The summed E-state index contributed by atoms with van der Waals surface area (Å²) in [7, 11) is 0. The third-order valence-corrected chi connectivity index (χ3v) is 4.73. The van der Waals surface area contributed by atoms with E-state index in [1.807, 2.05) is 66.7 Å². The number of hydrogen-bond acceptors (Lipinski definition) is 4. The zero-order chi connectivity index (χ0) is 17.8. The zero-order valence-corrected chi connectivity index (χ0v) is 17.2. The first-order chi connectivity index (χ1) is 12.8. The van der Waals surface area contributed by atoms with Crippen molar-refractivity contribution in [3.8, 4) is 28.3 Å². The van der Waals surface area contributed by atoms with Crippen LogP contribution in [0.25, 0.3) is 22.5 Å². The van der Waals surface area contributed by atoms with Crippen LogP contribution in [0.4, 0.5) is 0 Å². The van der Waals surface area contributed by atoms with Gasteiger partial charge in [-0.3, -0.25) is 4.98 Å². The van der Waals surface area contributed by atoms with Gasteiger partial charge in [0.1, 0.15) is 5.75 Å². The molecular formula is C22H15N2OPtS-. The van der Waals surface area contributed by atoms with E-state index in [2.05, 4.69) is 11.1 Å². The van der Waals surface area contributed by atoms with E-state index >= 15 is 0 Å². The summed E-state index contributed by atoms with van der Waals surface area (Å²) < 4.78 is 0. The summed E-state index contributed by atoms with van der Waals surface area (Å²) in [6.07, 6.45) is 1.78. The Labute approximate surface area is 176 Å². The maximum absolute atomic E-state index is 10.1. The zero-order valence-electron chi connectivity index (χ0n) is 14.1. The quantitative estimate of drug-likeness (QED) is 0.343. The molecule has 0 saturated heterocycles. The van der Waals surface area contributed by atoms with Crippen molar-refractivity contribution in [1.82, 2.24) is 9.97 Å². The number of para-hydroxylation sites is 1. The Morgan fingerprint density at radius 3 is 2.37 bits per heavy atom. The molecule has 0 unspecified atom stereocenters. The molecule has 0 saturated carbocycles. The van der Waals surface area contributed by atoms with E-state index in [9.17, 15) is 5.11 Å². The molecule has 2 aromatic carbocycles. The van der Waals surface area contributed by atoms with E-state index in [1.165, 1.54) is 0 Å². The molecule has 0 aliphatic heterocycles. The summed E-state index contributed by atoms with van der Waals surface area (Å²) >= 11 is 1.57. The van der Waals surface area contributed by atoms with Gasteiger partial charge < -0.3 is 5.11 Å². The van der Waals surface area contributed by atoms with Crippen LogP contribution < -0.4 is 0 Å². The van der Waals surface area contributed by atoms with E-state index in [0.717, 1.165) is 26.9 Å². The Kier molecular flexibility index (Phi) is 6.44. The molecule has 5 heteroatoms. The van der Waals surface area contributed by atoms with Crippen molar-refractivity contribution in [2.24, 2.45) is 0 Å². The van der Waals surface area contributed by atoms with Gasteiger partial charge in [0, 0.05) is 32.8 Å². The van der Waals surface area contributed by atoms with E-state index in [1.54, 1.807) is 30.1 Å². The first-order valence-corrected chi connectivity index (χ1v) is 8.98. The molecule has 0 spiro atoms. The topological polar surface area (TPSA) is 46.0 Å². The fraction of sp³-hybridized carbons (Fsp3) is 0. The largest absolute Gasteiger partial charge is 0.507 e. The predicted octanol–water partition coefficient (Wildman–Crippen LogP) is 5.47. The second-order valence-corrected chi connectivity index (χ2v) is 6.69. The van der Waals surface area contributed by atoms with E-state index < -0.39 is 0 Å². The molecule has 3 nitrogen and oxygen atoms in total. The molecule has 0 aliphatic rings. The molecule has 0 bridgehead atoms. The fourth-order valence-corrected chi connectivity index (χ4v) is 3.39. The van der Waals surface area contributed by atoms with Crippen molar-refractivity contribution in [2.75, 3.05) is 0 Å². The Hall–Kier alpha value is -2.42. The minimum absolute atomic E-state index is 0. The van der Waals surface area contributed by atoms with E-state index in [-0.39, 0.29) is 26.8 Å². The minimum Gasteiger partial charge on any atom is -0.507 e. The first-order valence-electron chi connectivity index (χ1n) is 8.16. The molecular weight excluding hydrogens is 535 g/mol. The van der Waals surface area contributed by atoms with Crippen LogP contribution in [0.3, 0.4) is 0 Å². The molecule has 0 atom stereocenters. The van der Waals surface area contributed by atoms with Gasteiger partial charge in [0.15, 0.2) is 0 Å². The molecule has 2 heterocycles. The SMILES string of the molecule is Oc1ccccc1-c1cccc(-c2[c-]c(Sc3ccccn3)ccc2)n1.[Pt]. The number of aromatic hydroxyl groups is 1. The van der Waals surface area contributed by atoms with Gasteiger partial charge in [-0.25, -0.2) is 4.98 Å². The average molecular weight is 551 g/mol. The summed E-state index contributed by atoms with van der Waals surface area (Å²) in [6, 6.07) is 28.2. The van der Waals surface area contributed by atoms with Gasteiger partial charge in [0.05, 0.1) is 10.7 Å². The van der Waals surface area contributed by atoms with Gasteiger partial charge in [-0.05, 0) is 36.0 Å². The van der Waals surface area contributed by atoms with Crippen molar-refractivity contribution in [2.45, 2.75) is 9.92 Å². The molecule has 0 amide bonds. The summed E-state index contributed by atoms with van der Waals surface area (Å²) in [5, 5.41) is 11.0. The minimum atomic E-state index is 0. The molecule has 27 heavy (non-hydrogen) atoms. The van der Waals surface area contributed by atoms with Crippen LogP contribution in [0, 0.1) is 6.07 Å². The van der Waals surface area contributed by atoms with Crippen molar-refractivity contribution in [1.29, 1.82) is 0 Å². The van der Waals surface area contributed by atoms with Crippen molar-refractivity contribution < 1.29 is 26.2 Å². The number of benzene rings is 2. The Morgan fingerprint density at radius 1 is 0.778 bits per heavy atom. The standard InChI is InChI=1S/C22H15N2OS.Pt/c25-21-12-2-1-9-18(21)20-11-6-10-19(24-20)16-7-5-8-17(15-16)26-22-13-3-4-14-23-22;/h1-14,25H;/q-1;. The summed E-state index contributed by atoms with van der Waals surface area (Å²) in [5.41, 5.74) is 3.17. The molecule has 4 aromatic rings. The smallest absolute Gasteiger partial charge is 0.124 e. The number of hydrogen-bond donors (Lipinski definition) is 1. The van der Waals surface area contributed by atoms with Crippen LogP contribution in [-0.2, 0) is 21.1 Å². The maximum Gasteiger partial charge on any atom is 0.124 e. The molecule has 2 aromatic heterocycles. The number of phenolic OH excluding ortho intramolecular Hbond substituents is 1. The third kappa shape index (κ3) is 4.65. The van der Waals surface area contributed by atoms with Crippen LogP contribution in [-0.4, -0.2) is 15.1 Å². The average Bonchev–Trinajstić information content (AvgIpc) is 2.69. The molecule has 0 fully saturated rings. The van der Waals surface area contributed by atoms with Gasteiger partial charge in [-0.1, -0.05) is 47.0 Å². The number of nitrogens with zero attached hydrogens (tertiary/aromatic N) is 2. The molecule has 0 aliphatic carbocycles. The third-order valence-electron chi connectivity index (χ3n) is 3.83. The second-order valence-electron chi connectivity index (χ2n) is 5.62. The summed E-state index contributed by atoms with van der Waals surface area (Å²) in [4.78, 5) is 10.0. The Bertz CT molecular complexity index is 1040. The normalized spacial score (nSPS) is 10.2. The monoisotopic (exact) mass is 550 g/mol. The Balaban J connectivity index is 0.00000210. The van der Waals surface area contributed by atoms with Crippen LogP contribution in [0.1, 0.15) is 0 Å². The van der Waals surface area contributed by atoms with Crippen LogP contribution in [0.15, 0.2) is 95.0 Å². The van der Waals surface area contributed by atoms with Crippen molar-refractivity contribution in [3.05, 3.63) is 91.1 Å². The van der Waals surface area contributed by atoms with Crippen LogP contribution >= 0.6 is 11.8 Å². The number of aromatic nitrogens is 2. The molecule has 136 valence electrons. The van der Waals surface area contributed by atoms with Gasteiger partial charge in [-0.15, -0.1) is 29.8 Å². The van der Waals surface area contributed by atoms with Crippen molar-refractivity contribution in [3.63, 3.8) is 0 Å².